The number of rotatable bonds is 9. The van der Waals surface area contributed by atoms with Crippen LogP contribution in [-0.2, 0) is 22.7 Å². The summed E-state index contributed by atoms with van der Waals surface area (Å²) >= 11 is 0. The Balaban J connectivity index is 1.35. The second-order valence-corrected chi connectivity index (χ2v) is 15.2. The van der Waals surface area contributed by atoms with Crippen molar-refractivity contribution >= 4 is 11.6 Å². The second kappa shape index (κ2) is 16.1. The zero-order chi connectivity index (χ0) is 42.9. The van der Waals surface area contributed by atoms with Crippen LogP contribution in [0.5, 0.6) is 23.0 Å². The SMILES string of the molecule is O=C1c2c(O)cc(CO)cc2C(C2c3cc(CO)cc(O)c3C(=O)c3c(O[C@@H]4O[C@H](CO)[C@@H](O)[C@H](O)[C@H]4O)cccc32)c2cccc(O[C@@H]3O[C@H](CO)[C@@H](O)[C@H](O)[C@H]3O)c21. The van der Waals surface area contributed by atoms with Gasteiger partial charge in [-0.25, -0.2) is 0 Å². The van der Waals surface area contributed by atoms with Crippen LogP contribution < -0.4 is 9.47 Å². The Kier molecular flexibility index (Phi) is 11.2. The van der Waals surface area contributed by atoms with Gasteiger partial charge in [-0.15, -0.1) is 0 Å². The van der Waals surface area contributed by atoms with Crippen molar-refractivity contribution in [2.24, 2.45) is 0 Å². The average Bonchev–Trinajstić information content (AvgIpc) is 3.24. The number of hydrogen-bond acceptors (Lipinski definition) is 18. The lowest BCUT2D eigenvalue weighted by Crippen LogP contribution is -2.60. The molecule has 0 radical (unpaired) electrons. The second-order valence-electron chi connectivity index (χ2n) is 15.2. The van der Waals surface area contributed by atoms with Gasteiger partial charge in [0.25, 0.3) is 0 Å². The number of fused-ring (bicyclic) bond motifs is 4. The first kappa shape index (κ1) is 41.7. The van der Waals surface area contributed by atoms with E-state index in [9.17, 15) is 70.9 Å². The van der Waals surface area contributed by atoms with Crippen molar-refractivity contribution in [1.82, 2.24) is 0 Å². The fraction of sp³-hybridized carbons (Fsp3) is 0.381. The van der Waals surface area contributed by atoms with Crippen LogP contribution in [0, 0.1) is 0 Å². The summed E-state index contributed by atoms with van der Waals surface area (Å²) in [7, 11) is 0. The van der Waals surface area contributed by atoms with Gasteiger partial charge in [0, 0.05) is 11.8 Å². The van der Waals surface area contributed by atoms with Crippen LogP contribution in [-0.4, -0.2) is 147 Å². The fourth-order valence-corrected chi connectivity index (χ4v) is 8.77. The number of aliphatic hydroxyl groups excluding tert-OH is 10. The minimum absolute atomic E-state index is 0.159. The molecule has 2 saturated heterocycles. The van der Waals surface area contributed by atoms with Gasteiger partial charge in [0.1, 0.15) is 71.8 Å². The first-order chi connectivity index (χ1) is 28.7. The lowest BCUT2D eigenvalue weighted by atomic mass is 9.63. The van der Waals surface area contributed by atoms with Crippen LogP contribution in [0.2, 0.25) is 0 Å². The van der Waals surface area contributed by atoms with E-state index in [2.05, 4.69) is 0 Å². The van der Waals surface area contributed by atoms with E-state index in [1.807, 2.05) is 0 Å². The Morgan fingerprint density at radius 3 is 1.22 bits per heavy atom. The number of aliphatic hydroxyl groups is 10. The monoisotopic (exact) mass is 834 g/mol. The number of carbonyl (C=O) groups is 2. The lowest BCUT2D eigenvalue weighted by Gasteiger charge is -2.41. The van der Waals surface area contributed by atoms with Crippen LogP contribution in [0.25, 0.3) is 0 Å². The van der Waals surface area contributed by atoms with E-state index in [0.717, 1.165) is 0 Å². The molecule has 2 heterocycles. The Labute approximate surface area is 339 Å². The van der Waals surface area contributed by atoms with E-state index in [-0.39, 0.29) is 67.1 Å². The van der Waals surface area contributed by atoms with Gasteiger partial charge in [0.05, 0.1) is 48.7 Å². The summed E-state index contributed by atoms with van der Waals surface area (Å²) in [5.74, 6) is -5.33. The van der Waals surface area contributed by atoms with Gasteiger partial charge in [-0.05, 0) is 57.6 Å². The molecule has 0 amide bonds. The molecule has 18 heteroatoms. The highest BCUT2D eigenvalue weighted by molar-refractivity contribution is 6.18. The molecular formula is C42H42O18. The molecule has 4 aliphatic rings. The minimum atomic E-state index is -1.87. The molecule has 2 fully saturated rings. The summed E-state index contributed by atoms with van der Waals surface area (Å²) < 4.78 is 23.3. The van der Waals surface area contributed by atoms with Gasteiger partial charge in [-0.3, -0.25) is 9.59 Å². The standard InChI is InChI=1S/C42H42O18/c43-11-15-7-19-27(17-3-1-5-23(31(17)35(51)29(19)21(47)9-15)57-41-39(55)37(53)33(49)25(13-45)59-41)28-18-4-2-6-24(58-42-40(56)38(54)34(50)26(14-46)60-42)32(18)36(52)30-20(28)8-16(12-44)10-22(30)48/h1-10,25-28,33-34,37-50,53-56H,11-14H2/t25-,26-,27?,28?,33-,34-,37+,38+,39-,40-,41-,42-/m1/s1. The van der Waals surface area contributed by atoms with Crippen LogP contribution in [0.3, 0.4) is 0 Å². The Hall–Kier alpha value is -5.06. The Morgan fingerprint density at radius 2 is 0.867 bits per heavy atom. The molecule has 4 aromatic carbocycles. The summed E-state index contributed by atoms with van der Waals surface area (Å²) in [6.07, 6.45) is -17.0. The molecule has 0 spiro atoms. The predicted octanol–water partition coefficient (Wildman–Crippen LogP) is -1.51. The lowest BCUT2D eigenvalue weighted by molar-refractivity contribution is -0.277. The molecule has 8 rings (SSSR count). The number of hydrogen-bond donors (Lipinski definition) is 12. The van der Waals surface area contributed by atoms with Gasteiger partial charge in [-0.2, -0.15) is 0 Å². The molecule has 12 atom stereocenters. The maximum absolute atomic E-state index is 14.7. The van der Waals surface area contributed by atoms with Gasteiger partial charge in [-0.1, -0.05) is 36.4 Å². The van der Waals surface area contributed by atoms with Crippen LogP contribution in [0.4, 0.5) is 0 Å². The van der Waals surface area contributed by atoms with Gasteiger partial charge < -0.3 is 80.2 Å². The molecule has 318 valence electrons. The molecule has 2 aliphatic carbocycles. The third kappa shape index (κ3) is 6.61. The molecule has 60 heavy (non-hydrogen) atoms. The minimum Gasteiger partial charge on any atom is -0.507 e. The van der Waals surface area contributed by atoms with E-state index in [0.29, 0.717) is 0 Å². The molecule has 12 N–H and O–H groups in total. The first-order valence-corrected chi connectivity index (χ1v) is 19.0. The zero-order valence-corrected chi connectivity index (χ0v) is 31.3. The van der Waals surface area contributed by atoms with E-state index in [4.69, 9.17) is 18.9 Å². The maximum atomic E-state index is 14.7. The van der Waals surface area contributed by atoms with Crippen LogP contribution >= 0.6 is 0 Å². The van der Waals surface area contributed by atoms with E-state index < -0.39 is 123 Å². The highest BCUT2D eigenvalue weighted by Gasteiger charge is 2.49. The quantitative estimate of drug-likeness (QED) is 0.0912. The molecule has 18 nitrogen and oxygen atoms in total. The van der Waals surface area contributed by atoms with Gasteiger partial charge in [0.15, 0.2) is 0 Å². The number of ketones is 2. The molecule has 2 unspecified atom stereocenters. The van der Waals surface area contributed by atoms with Crippen molar-refractivity contribution in [3.8, 4) is 23.0 Å². The summed E-state index contributed by atoms with van der Waals surface area (Å²) in [6, 6.07) is 14.2. The summed E-state index contributed by atoms with van der Waals surface area (Å²) in [4.78, 5) is 29.3. The Morgan fingerprint density at radius 1 is 0.483 bits per heavy atom. The van der Waals surface area contributed by atoms with Crippen molar-refractivity contribution in [2.75, 3.05) is 13.2 Å². The number of benzene rings is 4. The third-order valence-electron chi connectivity index (χ3n) is 11.7. The van der Waals surface area contributed by atoms with Crippen molar-refractivity contribution in [1.29, 1.82) is 0 Å². The van der Waals surface area contributed by atoms with E-state index in [1.54, 1.807) is 12.1 Å². The van der Waals surface area contributed by atoms with E-state index in [1.165, 1.54) is 48.5 Å². The number of aromatic hydroxyl groups is 2. The maximum Gasteiger partial charge on any atom is 0.229 e. The first-order valence-electron chi connectivity index (χ1n) is 19.0. The number of phenolic OH excluding ortho intramolecular Hbond substituents is 2. The molecular weight excluding hydrogens is 792 g/mol. The van der Waals surface area contributed by atoms with Crippen molar-refractivity contribution in [3.63, 3.8) is 0 Å². The molecule has 2 aliphatic heterocycles. The normalized spacial score (nSPS) is 30.8. The van der Waals surface area contributed by atoms with Crippen LogP contribution in [0.1, 0.15) is 77.1 Å². The van der Waals surface area contributed by atoms with Gasteiger partial charge >= 0.3 is 0 Å². The topological polar surface area (TPSA) is 314 Å². The number of phenols is 2. The highest BCUT2D eigenvalue weighted by Crippen LogP contribution is 2.56. The zero-order valence-electron chi connectivity index (χ0n) is 31.3. The fourth-order valence-electron chi connectivity index (χ4n) is 8.77. The predicted molar refractivity (Wildman–Crippen MR) is 200 cm³/mol. The molecule has 0 bridgehead atoms. The largest absolute Gasteiger partial charge is 0.507 e. The number of ether oxygens (including phenoxy) is 4. The summed E-state index contributed by atoms with van der Waals surface area (Å²) in [6.45, 7) is -2.68. The van der Waals surface area contributed by atoms with Crippen molar-refractivity contribution < 1.29 is 89.8 Å². The molecule has 4 aromatic rings. The van der Waals surface area contributed by atoms with Crippen molar-refractivity contribution in [3.05, 3.63) is 116 Å². The average molecular weight is 835 g/mol. The highest BCUT2D eigenvalue weighted by atomic mass is 16.7. The summed E-state index contributed by atoms with van der Waals surface area (Å²) in [5.41, 5.74) is 0.283. The summed E-state index contributed by atoms with van der Waals surface area (Å²) in [5, 5.41) is 127. The smallest absolute Gasteiger partial charge is 0.229 e. The molecule has 0 aromatic heterocycles. The third-order valence-corrected chi connectivity index (χ3v) is 11.7. The Bertz CT molecular complexity index is 2170. The molecule has 0 saturated carbocycles. The van der Waals surface area contributed by atoms with E-state index >= 15 is 0 Å². The number of carbonyl (C=O) groups excluding carboxylic acids is 2. The van der Waals surface area contributed by atoms with Gasteiger partial charge in [0.2, 0.25) is 24.1 Å². The van der Waals surface area contributed by atoms with Crippen LogP contribution in [0.15, 0.2) is 60.7 Å². The van der Waals surface area contributed by atoms with Crippen molar-refractivity contribution in [2.45, 2.75) is 86.5 Å².